The van der Waals surface area contributed by atoms with Crippen molar-refractivity contribution in [2.75, 3.05) is 5.73 Å². The zero-order valence-corrected chi connectivity index (χ0v) is 8.96. The van der Waals surface area contributed by atoms with Crippen molar-refractivity contribution in [3.8, 4) is 0 Å². The first-order valence-electron chi connectivity index (χ1n) is 4.84. The van der Waals surface area contributed by atoms with Crippen LogP contribution in [0.3, 0.4) is 0 Å². The molecule has 0 bridgehead atoms. The highest BCUT2D eigenvalue weighted by atomic mass is 19.1. The van der Waals surface area contributed by atoms with Crippen molar-refractivity contribution in [2.24, 2.45) is 0 Å². The van der Waals surface area contributed by atoms with E-state index in [1.807, 2.05) is 0 Å². The van der Waals surface area contributed by atoms with Gasteiger partial charge in [0.05, 0.1) is 11.3 Å². The molecular formula is C12H9F2NO2. The van der Waals surface area contributed by atoms with Gasteiger partial charge < -0.3 is 10.2 Å². The molecule has 0 saturated heterocycles. The standard InChI is InChI=1S/C12H9F2NO2/c1-6-2-3-11(17-6)12(16)7-4-10(15)9(14)5-8(7)13/h2-5H,15H2,1H3. The molecule has 2 rings (SSSR count). The lowest BCUT2D eigenvalue weighted by molar-refractivity contribution is 0.100. The maximum absolute atomic E-state index is 13.4. The van der Waals surface area contributed by atoms with Crippen molar-refractivity contribution in [3.05, 3.63) is 53.0 Å². The SMILES string of the molecule is Cc1ccc(C(=O)c2cc(N)c(F)cc2F)o1. The van der Waals surface area contributed by atoms with Crippen LogP contribution in [0.1, 0.15) is 21.9 Å². The summed E-state index contributed by atoms with van der Waals surface area (Å²) in [6.45, 7) is 1.66. The third-order valence-electron chi connectivity index (χ3n) is 2.30. The molecule has 17 heavy (non-hydrogen) atoms. The first kappa shape index (κ1) is 11.3. The maximum atomic E-state index is 13.4. The third-order valence-corrected chi connectivity index (χ3v) is 2.30. The Labute approximate surface area is 95.8 Å². The highest BCUT2D eigenvalue weighted by Crippen LogP contribution is 2.20. The fourth-order valence-electron chi connectivity index (χ4n) is 1.43. The fraction of sp³-hybridized carbons (Fsp3) is 0.0833. The molecule has 1 aromatic heterocycles. The molecule has 0 aliphatic heterocycles. The fourth-order valence-corrected chi connectivity index (χ4v) is 1.43. The molecule has 88 valence electrons. The van der Waals surface area contributed by atoms with Gasteiger partial charge in [-0.05, 0) is 25.1 Å². The van der Waals surface area contributed by atoms with E-state index in [4.69, 9.17) is 10.2 Å². The summed E-state index contributed by atoms with van der Waals surface area (Å²) in [6.07, 6.45) is 0. The summed E-state index contributed by atoms with van der Waals surface area (Å²) in [5, 5.41) is 0. The second-order valence-electron chi connectivity index (χ2n) is 3.59. The maximum Gasteiger partial charge on any atom is 0.231 e. The Morgan fingerprint density at radius 2 is 1.94 bits per heavy atom. The van der Waals surface area contributed by atoms with Crippen LogP contribution in [0.25, 0.3) is 0 Å². The van der Waals surface area contributed by atoms with Gasteiger partial charge in [-0.3, -0.25) is 4.79 Å². The van der Waals surface area contributed by atoms with Crippen molar-refractivity contribution in [1.82, 2.24) is 0 Å². The summed E-state index contributed by atoms with van der Waals surface area (Å²) in [7, 11) is 0. The molecule has 5 heteroatoms. The van der Waals surface area contributed by atoms with E-state index in [1.54, 1.807) is 13.0 Å². The quantitative estimate of drug-likeness (QED) is 0.645. The van der Waals surface area contributed by atoms with E-state index in [-0.39, 0.29) is 17.0 Å². The molecule has 2 aromatic rings. The molecule has 1 heterocycles. The second kappa shape index (κ2) is 4.01. The smallest absolute Gasteiger partial charge is 0.231 e. The van der Waals surface area contributed by atoms with Gasteiger partial charge in [0, 0.05) is 6.07 Å². The molecule has 2 N–H and O–H groups in total. The molecule has 0 spiro atoms. The number of hydrogen-bond acceptors (Lipinski definition) is 3. The number of ketones is 1. The van der Waals surface area contributed by atoms with E-state index in [1.165, 1.54) is 6.07 Å². The number of carbonyl (C=O) groups is 1. The van der Waals surface area contributed by atoms with Gasteiger partial charge >= 0.3 is 0 Å². The Bertz CT molecular complexity index is 590. The molecule has 0 radical (unpaired) electrons. The highest BCUT2D eigenvalue weighted by molar-refractivity contribution is 6.07. The van der Waals surface area contributed by atoms with Gasteiger partial charge in [0.15, 0.2) is 5.76 Å². The summed E-state index contributed by atoms with van der Waals surface area (Å²) >= 11 is 0. The molecule has 3 nitrogen and oxygen atoms in total. The zero-order chi connectivity index (χ0) is 12.6. The molecule has 0 saturated carbocycles. The van der Waals surface area contributed by atoms with Gasteiger partial charge in [-0.25, -0.2) is 8.78 Å². The minimum absolute atomic E-state index is 0.00703. The minimum atomic E-state index is -0.962. The minimum Gasteiger partial charge on any atom is -0.458 e. The summed E-state index contributed by atoms with van der Waals surface area (Å²) in [6, 6.07) is 4.55. The van der Waals surface area contributed by atoms with E-state index < -0.39 is 17.4 Å². The monoisotopic (exact) mass is 237 g/mol. The number of hydrogen-bond donors (Lipinski definition) is 1. The number of rotatable bonds is 2. The van der Waals surface area contributed by atoms with E-state index >= 15 is 0 Å². The van der Waals surface area contributed by atoms with E-state index in [0.29, 0.717) is 11.8 Å². The van der Waals surface area contributed by atoms with E-state index in [0.717, 1.165) is 6.07 Å². The zero-order valence-electron chi connectivity index (χ0n) is 8.96. The summed E-state index contributed by atoms with van der Waals surface area (Å²) < 4.78 is 31.4. The van der Waals surface area contributed by atoms with Gasteiger partial charge in [-0.15, -0.1) is 0 Å². The number of aryl methyl sites for hydroxylation is 1. The van der Waals surface area contributed by atoms with Crippen molar-refractivity contribution < 1.29 is 18.0 Å². The Balaban J connectivity index is 2.47. The number of furan rings is 1. The Kier molecular flexibility index (Phi) is 2.67. The number of halogens is 2. The molecule has 0 unspecified atom stereocenters. The number of nitrogens with two attached hydrogens (primary N) is 1. The molecule has 0 aliphatic rings. The summed E-state index contributed by atoms with van der Waals surface area (Å²) in [4.78, 5) is 11.8. The van der Waals surface area contributed by atoms with Gasteiger partial charge in [-0.1, -0.05) is 0 Å². The second-order valence-corrected chi connectivity index (χ2v) is 3.59. The first-order chi connectivity index (χ1) is 7.99. The predicted molar refractivity (Wildman–Crippen MR) is 57.6 cm³/mol. The predicted octanol–water partition coefficient (Wildman–Crippen LogP) is 2.68. The van der Waals surface area contributed by atoms with Crippen molar-refractivity contribution in [3.63, 3.8) is 0 Å². The van der Waals surface area contributed by atoms with Crippen molar-refractivity contribution in [2.45, 2.75) is 6.92 Å². The Morgan fingerprint density at radius 3 is 2.53 bits per heavy atom. The molecular weight excluding hydrogens is 228 g/mol. The van der Waals surface area contributed by atoms with Crippen molar-refractivity contribution >= 4 is 11.5 Å². The lowest BCUT2D eigenvalue weighted by Crippen LogP contribution is -2.05. The average Bonchev–Trinajstić information content (AvgIpc) is 2.69. The Hall–Kier alpha value is -2.17. The van der Waals surface area contributed by atoms with Crippen LogP contribution in [0.15, 0.2) is 28.7 Å². The van der Waals surface area contributed by atoms with E-state index in [2.05, 4.69) is 0 Å². The van der Waals surface area contributed by atoms with Crippen LogP contribution < -0.4 is 5.73 Å². The molecule has 0 fully saturated rings. The largest absolute Gasteiger partial charge is 0.458 e. The highest BCUT2D eigenvalue weighted by Gasteiger charge is 2.19. The normalized spacial score (nSPS) is 10.5. The molecule has 1 aromatic carbocycles. The average molecular weight is 237 g/mol. The third kappa shape index (κ3) is 2.04. The lowest BCUT2D eigenvalue weighted by Gasteiger charge is -2.03. The van der Waals surface area contributed by atoms with Gasteiger partial charge in [-0.2, -0.15) is 0 Å². The number of nitrogen functional groups attached to an aromatic ring is 1. The van der Waals surface area contributed by atoms with Crippen LogP contribution >= 0.6 is 0 Å². The van der Waals surface area contributed by atoms with Crippen LogP contribution in [0, 0.1) is 18.6 Å². The van der Waals surface area contributed by atoms with Gasteiger partial charge in [0.25, 0.3) is 0 Å². The van der Waals surface area contributed by atoms with Gasteiger partial charge in [0.1, 0.15) is 17.4 Å². The van der Waals surface area contributed by atoms with Crippen LogP contribution in [0.5, 0.6) is 0 Å². The van der Waals surface area contributed by atoms with E-state index in [9.17, 15) is 13.6 Å². The number of benzene rings is 1. The molecule has 0 amide bonds. The topological polar surface area (TPSA) is 56.2 Å². The van der Waals surface area contributed by atoms with Crippen LogP contribution in [0.4, 0.5) is 14.5 Å². The Morgan fingerprint density at radius 1 is 1.24 bits per heavy atom. The van der Waals surface area contributed by atoms with Gasteiger partial charge in [0.2, 0.25) is 5.78 Å². The van der Waals surface area contributed by atoms with Crippen molar-refractivity contribution in [1.29, 1.82) is 0 Å². The molecule has 0 aliphatic carbocycles. The first-order valence-corrected chi connectivity index (χ1v) is 4.84. The summed E-state index contributed by atoms with van der Waals surface area (Å²) in [5.41, 5.74) is 4.70. The number of carbonyl (C=O) groups excluding carboxylic acids is 1. The lowest BCUT2D eigenvalue weighted by atomic mass is 10.1. The summed E-state index contributed by atoms with van der Waals surface area (Å²) in [5.74, 6) is -2.00. The van der Waals surface area contributed by atoms with Crippen LogP contribution in [0.2, 0.25) is 0 Å². The van der Waals surface area contributed by atoms with Crippen LogP contribution in [-0.4, -0.2) is 5.78 Å². The molecule has 0 atom stereocenters. The van der Waals surface area contributed by atoms with Crippen LogP contribution in [-0.2, 0) is 0 Å². The number of anilines is 1.